The molecule has 0 fully saturated rings. The van der Waals surface area contributed by atoms with Crippen LogP contribution in [0.2, 0.25) is 0 Å². The standard InChI is InChI=1S/C20H11F3N2O6S/c21-20(22,23)12-4-3-5-14(10-12)32(28,29)31-17-9-8-13(25(26)27)11-15(17)19-24-16-6-1-2-7-18(16)30-19/h1-11H. The third-order valence-electron chi connectivity index (χ3n) is 4.35. The zero-order valence-corrected chi connectivity index (χ0v) is 16.6. The van der Waals surface area contributed by atoms with E-state index < -0.39 is 43.1 Å². The van der Waals surface area contributed by atoms with Crippen molar-refractivity contribution in [1.29, 1.82) is 0 Å². The van der Waals surface area contributed by atoms with E-state index in [0.29, 0.717) is 23.2 Å². The van der Waals surface area contributed by atoms with Crippen molar-refractivity contribution in [3.8, 4) is 17.2 Å². The van der Waals surface area contributed by atoms with Crippen LogP contribution in [0.5, 0.6) is 5.75 Å². The van der Waals surface area contributed by atoms with E-state index >= 15 is 0 Å². The Hall–Kier alpha value is -3.93. The van der Waals surface area contributed by atoms with Crippen molar-refractivity contribution in [3.05, 3.63) is 82.4 Å². The maximum Gasteiger partial charge on any atom is 0.416 e. The summed E-state index contributed by atoms with van der Waals surface area (Å²) in [5.41, 5.74) is -0.997. The SMILES string of the molecule is O=[N+]([O-])c1ccc(OS(=O)(=O)c2cccc(C(F)(F)F)c2)c(-c2nc3ccccc3o2)c1. The van der Waals surface area contributed by atoms with E-state index in [-0.39, 0.29) is 11.5 Å². The molecule has 0 amide bonds. The Bertz CT molecular complexity index is 1410. The molecule has 4 aromatic rings. The number of non-ortho nitro benzene ring substituents is 1. The number of benzene rings is 3. The Kier molecular flexibility index (Phi) is 5.09. The van der Waals surface area contributed by atoms with Crippen LogP contribution >= 0.6 is 0 Å². The first kappa shape index (κ1) is 21.3. The maximum absolute atomic E-state index is 13.0. The number of oxazole rings is 1. The number of halogens is 3. The van der Waals surface area contributed by atoms with E-state index in [0.717, 1.165) is 30.3 Å². The first-order valence-electron chi connectivity index (χ1n) is 8.81. The Labute approximate surface area is 178 Å². The Morgan fingerprint density at radius 2 is 1.75 bits per heavy atom. The molecular weight excluding hydrogens is 453 g/mol. The van der Waals surface area contributed by atoms with E-state index in [1.54, 1.807) is 24.3 Å². The lowest BCUT2D eigenvalue weighted by Gasteiger charge is -2.12. The van der Waals surface area contributed by atoms with Gasteiger partial charge < -0.3 is 8.60 Å². The predicted octanol–water partition coefficient (Wildman–Crippen LogP) is 5.19. The van der Waals surface area contributed by atoms with Crippen molar-refractivity contribution in [1.82, 2.24) is 4.98 Å². The van der Waals surface area contributed by atoms with Crippen LogP contribution in [0.1, 0.15) is 5.56 Å². The topological polar surface area (TPSA) is 113 Å². The van der Waals surface area contributed by atoms with Crippen LogP contribution in [-0.2, 0) is 16.3 Å². The van der Waals surface area contributed by atoms with Crippen molar-refractivity contribution in [2.45, 2.75) is 11.1 Å². The number of rotatable bonds is 5. The fourth-order valence-electron chi connectivity index (χ4n) is 2.85. The predicted molar refractivity (Wildman–Crippen MR) is 105 cm³/mol. The smallest absolute Gasteiger partial charge is 0.416 e. The number of fused-ring (bicyclic) bond motifs is 1. The molecule has 12 heteroatoms. The molecule has 3 aromatic carbocycles. The first-order valence-corrected chi connectivity index (χ1v) is 10.2. The number of alkyl halides is 3. The van der Waals surface area contributed by atoms with Crippen molar-refractivity contribution in [3.63, 3.8) is 0 Å². The molecule has 4 rings (SSSR count). The van der Waals surface area contributed by atoms with Gasteiger partial charge in [-0.15, -0.1) is 0 Å². The number of hydrogen-bond acceptors (Lipinski definition) is 7. The largest absolute Gasteiger partial charge is 0.436 e. The van der Waals surface area contributed by atoms with Gasteiger partial charge in [0.15, 0.2) is 11.3 Å². The molecule has 164 valence electrons. The quantitative estimate of drug-likeness (QED) is 0.227. The monoisotopic (exact) mass is 464 g/mol. The van der Waals surface area contributed by atoms with Gasteiger partial charge >= 0.3 is 16.3 Å². The van der Waals surface area contributed by atoms with Crippen LogP contribution in [0.3, 0.4) is 0 Å². The normalized spacial score (nSPS) is 12.1. The number of aromatic nitrogens is 1. The summed E-state index contributed by atoms with van der Waals surface area (Å²) in [4.78, 5) is 13.9. The lowest BCUT2D eigenvalue weighted by atomic mass is 10.2. The molecule has 0 aliphatic rings. The number of nitro groups is 1. The van der Waals surface area contributed by atoms with Crippen LogP contribution < -0.4 is 4.18 Å². The molecule has 0 unspecified atom stereocenters. The summed E-state index contributed by atoms with van der Waals surface area (Å²) in [5, 5.41) is 11.2. The van der Waals surface area contributed by atoms with E-state index in [9.17, 15) is 31.7 Å². The first-order chi connectivity index (χ1) is 15.0. The summed E-state index contributed by atoms with van der Waals surface area (Å²) in [5.74, 6) is -0.566. The number of para-hydroxylation sites is 2. The molecule has 0 saturated carbocycles. The van der Waals surface area contributed by atoms with Crippen molar-refractivity contribution in [2.24, 2.45) is 0 Å². The third kappa shape index (κ3) is 4.12. The molecule has 0 radical (unpaired) electrons. The minimum atomic E-state index is -4.76. The Balaban J connectivity index is 1.81. The van der Waals surface area contributed by atoms with Gasteiger partial charge in [-0.1, -0.05) is 18.2 Å². The third-order valence-corrected chi connectivity index (χ3v) is 5.58. The zero-order chi connectivity index (χ0) is 23.1. The molecule has 1 heterocycles. The molecule has 0 aliphatic heterocycles. The molecule has 1 aromatic heterocycles. The molecule has 8 nitrogen and oxygen atoms in total. The summed E-state index contributed by atoms with van der Waals surface area (Å²) in [6.07, 6.45) is -4.76. The summed E-state index contributed by atoms with van der Waals surface area (Å²) >= 11 is 0. The van der Waals surface area contributed by atoms with Crippen LogP contribution in [0.15, 0.2) is 76.0 Å². The van der Waals surface area contributed by atoms with Gasteiger partial charge in [-0.2, -0.15) is 21.6 Å². The van der Waals surface area contributed by atoms with Crippen molar-refractivity contribution in [2.75, 3.05) is 0 Å². The van der Waals surface area contributed by atoms with Gasteiger partial charge in [0, 0.05) is 12.1 Å². The zero-order valence-electron chi connectivity index (χ0n) is 15.7. The van der Waals surface area contributed by atoms with Gasteiger partial charge in [-0.25, -0.2) is 4.98 Å². The van der Waals surface area contributed by atoms with Crippen LogP contribution in [0.25, 0.3) is 22.6 Å². The fourth-order valence-corrected chi connectivity index (χ4v) is 3.85. The van der Waals surface area contributed by atoms with Gasteiger partial charge in [-0.3, -0.25) is 10.1 Å². The fraction of sp³-hybridized carbons (Fsp3) is 0.0500. The Morgan fingerprint density at radius 1 is 1.00 bits per heavy atom. The molecular formula is C20H11F3N2O6S. The van der Waals surface area contributed by atoms with E-state index in [1.807, 2.05) is 0 Å². The van der Waals surface area contributed by atoms with Crippen molar-refractivity contribution >= 4 is 26.9 Å². The molecule has 0 N–H and O–H groups in total. The summed E-state index contributed by atoms with van der Waals surface area (Å²) in [6.45, 7) is 0. The van der Waals surface area contributed by atoms with Crippen LogP contribution in [0, 0.1) is 10.1 Å². The molecule has 0 atom stereocenters. The highest BCUT2D eigenvalue weighted by atomic mass is 32.2. The summed E-state index contributed by atoms with van der Waals surface area (Å²) < 4.78 is 74.9. The van der Waals surface area contributed by atoms with Gasteiger partial charge in [0.05, 0.1) is 16.1 Å². The molecule has 0 saturated heterocycles. The van der Waals surface area contributed by atoms with Crippen molar-refractivity contribution < 1.29 is 35.1 Å². The second-order valence-corrected chi connectivity index (χ2v) is 8.03. The molecule has 0 aliphatic carbocycles. The maximum atomic E-state index is 13.0. The minimum Gasteiger partial charge on any atom is -0.436 e. The highest BCUT2D eigenvalue weighted by molar-refractivity contribution is 7.87. The average molecular weight is 464 g/mol. The molecule has 0 bridgehead atoms. The summed E-state index contributed by atoms with van der Waals surface area (Å²) in [6, 6.07) is 12.6. The van der Waals surface area contributed by atoms with E-state index in [2.05, 4.69) is 4.98 Å². The lowest BCUT2D eigenvalue weighted by molar-refractivity contribution is -0.384. The second kappa shape index (κ2) is 7.64. The minimum absolute atomic E-state index is 0.161. The van der Waals surface area contributed by atoms with E-state index in [1.165, 1.54) is 0 Å². The number of hydrogen-bond donors (Lipinski definition) is 0. The van der Waals surface area contributed by atoms with E-state index in [4.69, 9.17) is 8.60 Å². The lowest BCUT2D eigenvalue weighted by Crippen LogP contribution is -2.13. The number of nitro benzene ring substituents is 1. The summed E-state index contributed by atoms with van der Waals surface area (Å²) in [7, 11) is -4.73. The van der Waals surface area contributed by atoms with Gasteiger partial charge in [-0.05, 0) is 36.4 Å². The molecule has 0 spiro atoms. The highest BCUT2D eigenvalue weighted by Gasteiger charge is 2.32. The van der Waals surface area contributed by atoms with Gasteiger partial charge in [0.25, 0.3) is 5.69 Å². The van der Waals surface area contributed by atoms with Gasteiger partial charge in [0.1, 0.15) is 10.4 Å². The van der Waals surface area contributed by atoms with Crippen LogP contribution in [0.4, 0.5) is 18.9 Å². The number of nitrogens with zero attached hydrogens (tertiary/aromatic N) is 2. The second-order valence-electron chi connectivity index (χ2n) is 6.49. The van der Waals surface area contributed by atoms with Gasteiger partial charge in [0.2, 0.25) is 5.89 Å². The highest BCUT2D eigenvalue weighted by Crippen LogP contribution is 2.37. The average Bonchev–Trinajstić information content (AvgIpc) is 3.17. The Morgan fingerprint density at radius 3 is 2.44 bits per heavy atom. The van der Waals surface area contributed by atoms with Crippen LogP contribution in [-0.4, -0.2) is 18.3 Å². The molecule has 32 heavy (non-hydrogen) atoms.